The number of rotatable bonds is 1. The lowest BCUT2D eigenvalue weighted by Gasteiger charge is -2.31. The van der Waals surface area contributed by atoms with E-state index in [9.17, 15) is 5.26 Å². The molecule has 1 nitrogen and oxygen atoms in total. The van der Waals surface area contributed by atoms with Crippen LogP contribution < -0.4 is 0 Å². The number of benzene rings is 1. The molecule has 2 rings (SSSR count). The van der Waals surface area contributed by atoms with Gasteiger partial charge in [0.2, 0.25) is 0 Å². The van der Waals surface area contributed by atoms with E-state index in [1.165, 1.54) is 6.42 Å². The number of hydrogen-bond acceptors (Lipinski definition) is 1. The van der Waals surface area contributed by atoms with Crippen LogP contribution in [0.25, 0.3) is 0 Å². The first-order valence-corrected chi connectivity index (χ1v) is 5.82. The summed E-state index contributed by atoms with van der Waals surface area (Å²) < 4.78 is 0. The standard InChI is InChI=1S/C13H14ClN/c14-12-6-4-11(5-7-12)13(10-15)8-2-1-3-9-13/h4-7H,1-3,8-9H2. The fraction of sp³-hybridized carbons (Fsp3) is 0.462. The van der Waals surface area contributed by atoms with Gasteiger partial charge in [0.25, 0.3) is 0 Å². The van der Waals surface area contributed by atoms with Crippen LogP contribution in [0.3, 0.4) is 0 Å². The van der Waals surface area contributed by atoms with E-state index in [2.05, 4.69) is 6.07 Å². The monoisotopic (exact) mass is 219 g/mol. The van der Waals surface area contributed by atoms with Crippen LogP contribution in [0.1, 0.15) is 37.7 Å². The Morgan fingerprint density at radius 3 is 2.20 bits per heavy atom. The Hall–Kier alpha value is -1.00. The Bertz CT molecular complexity index is 369. The molecule has 15 heavy (non-hydrogen) atoms. The maximum absolute atomic E-state index is 9.38. The highest BCUT2D eigenvalue weighted by atomic mass is 35.5. The summed E-state index contributed by atoms with van der Waals surface area (Å²) in [6.45, 7) is 0. The number of hydrogen-bond donors (Lipinski definition) is 0. The molecule has 78 valence electrons. The van der Waals surface area contributed by atoms with Crippen molar-refractivity contribution < 1.29 is 0 Å². The summed E-state index contributed by atoms with van der Waals surface area (Å²) in [5, 5.41) is 10.1. The van der Waals surface area contributed by atoms with Crippen LogP contribution in [-0.4, -0.2) is 0 Å². The van der Waals surface area contributed by atoms with Gasteiger partial charge in [-0.1, -0.05) is 43.0 Å². The molecule has 1 saturated carbocycles. The maximum Gasteiger partial charge on any atom is 0.0822 e. The summed E-state index contributed by atoms with van der Waals surface area (Å²) in [5.74, 6) is 0. The third kappa shape index (κ3) is 2.01. The third-order valence-electron chi connectivity index (χ3n) is 3.32. The van der Waals surface area contributed by atoms with Gasteiger partial charge in [-0.2, -0.15) is 5.26 Å². The van der Waals surface area contributed by atoms with Crippen molar-refractivity contribution in [3.8, 4) is 6.07 Å². The van der Waals surface area contributed by atoms with Crippen molar-refractivity contribution in [2.45, 2.75) is 37.5 Å². The summed E-state index contributed by atoms with van der Waals surface area (Å²) in [5.41, 5.74) is 0.886. The average Bonchev–Trinajstić information content (AvgIpc) is 2.31. The van der Waals surface area contributed by atoms with Gasteiger partial charge < -0.3 is 0 Å². The van der Waals surface area contributed by atoms with Crippen molar-refractivity contribution >= 4 is 11.6 Å². The van der Waals surface area contributed by atoms with Crippen molar-refractivity contribution in [1.29, 1.82) is 5.26 Å². The van der Waals surface area contributed by atoms with E-state index in [0.717, 1.165) is 36.3 Å². The molecule has 0 amide bonds. The summed E-state index contributed by atoms with van der Waals surface area (Å²) in [6, 6.07) is 10.3. The Kier molecular flexibility index (Phi) is 2.98. The lowest BCUT2D eigenvalue weighted by Crippen LogP contribution is -2.26. The molecular weight excluding hydrogens is 206 g/mol. The fourth-order valence-electron chi connectivity index (χ4n) is 2.39. The average molecular weight is 220 g/mol. The van der Waals surface area contributed by atoms with E-state index in [-0.39, 0.29) is 5.41 Å². The Balaban J connectivity index is 2.33. The molecule has 1 aliphatic rings. The SMILES string of the molecule is N#CC1(c2ccc(Cl)cc2)CCCCC1. The zero-order chi connectivity index (χ0) is 10.7. The highest BCUT2D eigenvalue weighted by molar-refractivity contribution is 6.30. The Morgan fingerprint density at radius 1 is 1.07 bits per heavy atom. The fourth-order valence-corrected chi connectivity index (χ4v) is 2.52. The van der Waals surface area contributed by atoms with Gasteiger partial charge in [0, 0.05) is 5.02 Å². The normalized spacial score (nSPS) is 19.5. The summed E-state index contributed by atoms with van der Waals surface area (Å²) in [7, 11) is 0. The number of halogens is 1. The van der Waals surface area contributed by atoms with E-state index < -0.39 is 0 Å². The van der Waals surface area contributed by atoms with Crippen LogP contribution in [0.4, 0.5) is 0 Å². The van der Waals surface area contributed by atoms with Crippen molar-refractivity contribution in [3.05, 3.63) is 34.9 Å². The van der Waals surface area contributed by atoms with Crippen LogP contribution >= 0.6 is 11.6 Å². The Morgan fingerprint density at radius 2 is 1.67 bits per heavy atom. The van der Waals surface area contributed by atoms with Gasteiger partial charge in [0.05, 0.1) is 11.5 Å². The van der Waals surface area contributed by atoms with Crippen molar-refractivity contribution in [3.63, 3.8) is 0 Å². The first-order valence-electron chi connectivity index (χ1n) is 5.44. The number of nitriles is 1. The zero-order valence-corrected chi connectivity index (χ0v) is 9.43. The van der Waals surface area contributed by atoms with Gasteiger partial charge in [-0.05, 0) is 30.5 Å². The predicted octanol–water partition coefficient (Wildman–Crippen LogP) is 4.07. The molecule has 0 heterocycles. The Labute approximate surface area is 95.7 Å². The molecule has 0 radical (unpaired) electrons. The van der Waals surface area contributed by atoms with Crippen LogP contribution in [0, 0.1) is 11.3 Å². The maximum atomic E-state index is 9.38. The molecule has 1 fully saturated rings. The summed E-state index contributed by atoms with van der Waals surface area (Å²) >= 11 is 5.86. The first-order chi connectivity index (χ1) is 7.27. The molecule has 0 unspecified atom stereocenters. The second kappa shape index (κ2) is 4.24. The smallest absolute Gasteiger partial charge is 0.0822 e. The first kappa shape index (κ1) is 10.5. The van der Waals surface area contributed by atoms with Gasteiger partial charge in [-0.15, -0.1) is 0 Å². The molecule has 0 atom stereocenters. The summed E-state index contributed by atoms with van der Waals surface area (Å²) in [6.07, 6.45) is 5.57. The molecule has 0 aliphatic heterocycles. The number of nitrogens with zero attached hydrogens (tertiary/aromatic N) is 1. The molecule has 0 bridgehead atoms. The highest BCUT2D eigenvalue weighted by Gasteiger charge is 2.33. The van der Waals surface area contributed by atoms with E-state index in [4.69, 9.17) is 11.6 Å². The van der Waals surface area contributed by atoms with E-state index in [1.807, 2.05) is 24.3 Å². The lowest BCUT2D eigenvalue weighted by atomic mass is 9.70. The van der Waals surface area contributed by atoms with Crippen LogP contribution in [0.2, 0.25) is 5.02 Å². The van der Waals surface area contributed by atoms with Gasteiger partial charge in [-0.25, -0.2) is 0 Å². The van der Waals surface area contributed by atoms with Crippen molar-refractivity contribution in [1.82, 2.24) is 0 Å². The molecule has 0 spiro atoms. The predicted molar refractivity (Wildman–Crippen MR) is 61.8 cm³/mol. The molecule has 1 aromatic rings. The second-order valence-corrected chi connectivity index (χ2v) is 4.70. The molecule has 0 N–H and O–H groups in total. The van der Waals surface area contributed by atoms with Crippen molar-refractivity contribution in [2.24, 2.45) is 0 Å². The minimum absolute atomic E-state index is 0.247. The second-order valence-electron chi connectivity index (χ2n) is 4.26. The quantitative estimate of drug-likeness (QED) is 0.699. The van der Waals surface area contributed by atoms with Crippen LogP contribution in [0.5, 0.6) is 0 Å². The van der Waals surface area contributed by atoms with Gasteiger partial charge >= 0.3 is 0 Å². The highest BCUT2D eigenvalue weighted by Crippen LogP contribution is 2.39. The molecule has 1 aromatic carbocycles. The topological polar surface area (TPSA) is 23.8 Å². The summed E-state index contributed by atoms with van der Waals surface area (Å²) in [4.78, 5) is 0. The van der Waals surface area contributed by atoms with E-state index >= 15 is 0 Å². The minimum Gasteiger partial charge on any atom is -0.197 e. The largest absolute Gasteiger partial charge is 0.197 e. The molecule has 2 heteroatoms. The molecule has 0 saturated heterocycles. The van der Waals surface area contributed by atoms with Gasteiger partial charge in [-0.3, -0.25) is 0 Å². The minimum atomic E-state index is -0.247. The van der Waals surface area contributed by atoms with Gasteiger partial charge in [0.1, 0.15) is 0 Å². The van der Waals surface area contributed by atoms with Crippen LogP contribution in [-0.2, 0) is 5.41 Å². The van der Waals surface area contributed by atoms with E-state index in [0.29, 0.717) is 0 Å². The lowest BCUT2D eigenvalue weighted by molar-refractivity contribution is 0.366. The van der Waals surface area contributed by atoms with Crippen molar-refractivity contribution in [2.75, 3.05) is 0 Å². The van der Waals surface area contributed by atoms with E-state index in [1.54, 1.807) is 0 Å². The zero-order valence-electron chi connectivity index (χ0n) is 8.67. The molecule has 0 aromatic heterocycles. The molecular formula is C13H14ClN. The van der Waals surface area contributed by atoms with Gasteiger partial charge in [0.15, 0.2) is 0 Å². The molecule has 1 aliphatic carbocycles. The van der Waals surface area contributed by atoms with Crippen LogP contribution in [0.15, 0.2) is 24.3 Å². The third-order valence-corrected chi connectivity index (χ3v) is 3.57.